The van der Waals surface area contributed by atoms with Crippen LogP contribution in [0.4, 0.5) is 0 Å². The molecule has 5 aromatic carbocycles. The number of pyridine rings is 2. The number of hydrogen-bond donors (Lipinski definition) is 0. The van der Waals surface area contributed by atoms with Crippen LogP contribution < -0.4 is 0 Å². The van der Waals surface area contributed by atoms with Crippen molar-refractivity contribution in [1.29, 1.82) is 0 Å². The van der Waals surface area contributed by atoms with Crippen LogP contribution in [0.3, 0.4) is 0 Å². The number of rotatable bonds is 5. The van der Waals surface area contributed by atoms with E-state index in [2.05, 4.69) is 89.9 Å². The molecule has 1 aliphatic rings. The second-order valence-corrected chi connectivity index (χ2v) is 14.8. The van der Waals surface area contributed by atoms with E-state index in [-0.39, 0.29) is 25.7 Å². The number of benzene rings is 5. The van der Waals surface area contributed by atoms with Gasteiger partial charge in [0.05, 0.1) is 5.58 Å². The standard InChI is InChI=1S/C33H26NO.C17H20N.Ir/c1-2-7-22(8-3-1)23-13-15-24(16-14-23)26-19-20-34-31(21-26)30-12-6-11-28-29-18-17-25-9-4-5-10-27(25)32(29)35-33(28)30;1-13-5-8-15(9-6-13)16-10-7-14(12-18-16)11-17(2,3)4;/h4-6,9-11,13-22H,1-3,7-8H2;5-8,10,12H,11H2,1-4H3;/q2*-1;/i22D;1D3,11D2;. The van der Waals surface area contributed by atoms with E-state index < -0.39 is 24.5 Å². The smallest absolute Gasteiger partial charge is 0.128 e. The van der Waals surface area contributed by atoms with Gasteiger partial charge in [0.1, 0.15) is 5.58 Å². The maximum Gasteiger partial charge on any atom is 0.128 e. The summed E-state index contributed by atoms with van der Waals surface area (Å²) in [4.78, 5) is 9.01. The van der Waals surface area contributed by atoms with Crippen LogP contribution in [0.25, 0.3) is 66.4 Å². The van der Waals surface area contributed by atoms with Gasteiger partial charge in [0.2, 0.25) is 0 Å². The Hall–Kier alpha value is -4.89. The zero-order valence-corrected chi connectivity index (χ0v) is 33.2. The van der Waals surface area contributed by atoms with Crippen LogP contribution in [0.15, 0.2) is 132 Å². The van der Waals surface area contributed by atoms with Crippen molar-refractivity contribution in [2.45, 2.75) is 72.0 Å². The molecule has 0 N–H and O–H groups in total. The van der Waals surface area contributed by atoms with Gasteiger partial charge >= 0.3 is 0 Å². The third-order valence-corrected chi connectivity index (χ3v) is 9.79. The Morgan fingerprint density at radius 1 is 0.778 bits per heavy atom. The summed E-state index contributed by atoms with van der Waals surface area (Å²) in [5.41, 5.74) is 8.34. The molecule has 54 heavy (non-hydrogen) atoms. The second kappa shape index (κ2) is 16.2. The molecule has 8 aromatic rings. The van der Waals surface area contributed by atoms with Crippen LogP contribution in [0.1, 0.15) is 83.7 Å². The maximum atomic E-state index is 8.93. The van der Waals surface area contributed by atoms with Crippen molar-refractivity contribution in [3.8, 4) is 33.6 Å². The largest absolute Gasteiger partial charge is 0.500 e. The number of aryl methyl sites for hydroxylation is 1. The van der Waals surface area contributed by atoms with Crippen molar-refractivity contribution < 1.29 is 32.7 Å². The summed E-state index contributed by atoms with van der Waals surface area (Å²) in [5.74, 6) is -0.434. The van der Waals surface area contributed by atoms with E-state index in [9.17, 15) is 0 Å². The molecule has 1 saturated carbocycles. The van der Waals surface area contributed by atoms with Crippen molar-refractivity contribution in [2.75, 3.05) is 0 Å². The summed E-state index contributed by atoms with van der Waals surface area (Å²) in [6.45, 7) is 3.40. The molecule has 0 aliphatic heterocycles. The molecule has 3 nitrogen and oxygen atoms in total. The third kappa shape index (κ3) is 8.26. The van der Waals surface area contributed by atoms with E-state index in [1.165, 1.54) is 24.1 Å². The predicted molar refractivity (Wildman–Crippen MR) is 221 cm³/mol. The fourth-order valence-corrected chi connectivity index (χ4v) is 7.22. The Morgan fingerprint density at radius 3 is 2.33 bits per heavy atom. The van der Waals surface area contributed by atoms with Gasteiger partial charge in [-0.3, -0.25) is 0 Å². The second-order valence-electron chi connectivity index (χ2n) is 14.8. The van der Waals surface area contributed by atoms with Crippen LogP contribution in [0.5, 0.6) is 0 Å². The molecule has 3 aromatic heterocycles. The molecule has 273 valence electrons. The number of nitrogens with zero attached hydrogens (tertiary/aromatic N) is 2. The van der Waals surface area contributed by atoms with E-state index in [1.54, 1.807) is 24.3 Å². The SMILES string of the molecule is [2H]C([2H])([2H])c1c[c-]c(-c2ccc(C([2H])([2H])C(C)(C)C)cn2)cc1.[2H]C1(c2ccc(-c3ccnc(-c4[c-]ccc5c4oc4c6ccccc6ccc54)c3)cc2)CCCCC1.[Ir]. The van der Waals surface area contributed by atoms with Crippen molar-refractivity contribution in [1.82, 2.24) is 9.97 Å². The van der Waals surface area contributed by atoms with Gasteiger partial charge in [-0.1, -0.05) is 137 Å². The van der Waals surface area contributed by atoms with Gasteiger partial charge in [-0.2, -0.15) is 0 Å². The topological polar surface area (TPSA) is 38.9 Å². The Morgan fingerprint density at radius 2 is 1.59 bits per heavy atom. The van der Waals surface area contributed by atoms with Crippen LogP contribution in [0, 0.1) is 24.4 Å². The first-order valence-electron chi connectivity index (χ1n) is 21.4. The summed E-state index contributed by atoms with van der Waals surface area (Å²) in [5, 5.41) is 4.47. The summed E-state index contributed by atoms with van der Waals surface area (Å²) in [6.07, 6.45) is 7.37. The van der Waals surface area contributed by atoms with Gasteiger partial charge in [0.15, 0.2) is 0 Å². The number of aromatic nitrogens is 2. The summed E-state index contributed by atoms with van der Waals surface area (Å²) >= 11 is 0. The first kappa shape index (κ1) is 30.4. The minimum Gasteiger partial charge on any atom is -0.500 e. The first-order valence-corrected chi connectivity index (χ1v) is 18.4. The molecule has 0 atom stereocenters. The third-order valence-electron chi connectivity index (χ3n) is 9.79. The van der Waals surface area contributed by atoms with Crippen molar-refractivity contribution >= 4 is 32.7 Å². The van der Waals surface area contributed by atoms with Crippen LogP contribution >= 0.6 is 0 Å². The molecule has 0 saturated heterocycles. The van der Waals surface area contributed by atoms with Gasteiger partial charge in [-0.15, -0.1) is 53.6 Å². The van der Waals surface area contributed by atoms with Gasteiger partial charge < -0.3 is 14.4 Å². The summed E-state index contributed by atoms with van der Waals surface area (Å²) in [6, 6.07) is 43.8. The number of furan rings is 1. The zero-order chi connectivity index (χ0) is 41.6. The predicted octanol–water partition coefficient (Wildman–Crippen LogP) is 13.8. The molecule has 1 fully saturated rings. The Kier molecular flexibility index (Phi) is 9.15. The fourth-order valence-electron chi connectivity index (χ4n) is 7.22. The van der Waals surface area contributed by atoms with E-state index in [0.29, 0.717) is 16.8 Å². The molecule has 1 radical (unpaired) electrons. The summed E-state index contributed by atoms with van der Waals surface area (Å²) < 4.78 is 54.0. The normalized spacial score (nSPS) is 16.1. The number of fused-ring (bicyclic) bond motifs is 5. The molecule has 0 amide bonds. The molecule has 1 aliphatic carbocycles. The zero-order valence-electron chi connectivity index (χ0n) is 36.8. The minimum absolute atomic E-state index is 0. The van der Waals surface area contributed by atoms with E-state index >= 15 is 0 Å². The molecule has 9 rings (SSSR count). The van der Waals surface area contributed by atoms with Crippen LogP contribution in [0.2, 0.25) is 0 Å². The minimum atomic E-state index is -2.14. The molecule has 0 bridgehead atoms. The molecule has 4 heteroatoms. The van der Waals surface area contributed by atoms with Gasteiger partial charge in [-0.25, -0.2) is 0 Å². The Balaban J connectivity index is 0.000000198. The molecular formula is C50H46IrN2O-2. The van der Waals surface area contributed by atoms with E-state index in [0.717, 1.165) is 81.0 Å². The molecule has 0 unspecified atom stereocenters. The van der Waals surface area contributed by atoms with E-state index in [1.807, 2.05) is 39.1 Å². The van der Waals surface area contributed by atoms with Gasteiger partial charge in [0, 0.05) is 51.5 Å². The average Bonchev–Trinajstić information content (AvgIpc) is 3.63. The monoisotopic (exact) mass is 889 g/mol. The molecule has 3 heterocycles. The van der Waals surface area contributed by atoms with Crippen molar-refractivity contribution in [3.05, 3.63) is 156 Å². The average molecular weight is 889 g/mol. The van der Waals surface area contributed by atoms with E-state index in [4.69, 9.17) is 17.6 Å². The van der Waals surface area contributed by atoms with Gasteiger partial charge in [0.25, 0.3) is 0 Å². The van der Waals surface area contributed by atoms with Gasteiger partial charge in [-0.05, 0) is 75.6 Å². The molecule has 0 spiro atoms. The Labute approximate surface area is 341 Å². The quantitative estimate of drug-likeness (QED) is 0.162. The van der Waals surface area contributed by atoms with Crippen molar-refractivity contribution in [3.63, 3.8) is 0 Å². The van der Waals surface area contributed by atoms with Crippen LogP contribution in [-0.4, -0.2) is 9.97 Å². The fraction of sp³-hybridized carbons (Fsp3) is 0.240. The first-order chi connectivity index (χ1) is 28.1. The number of hydrogen-bond acceptors (Lipinski definition) is 3. The Bertz CT molecular complexity index is 2750. The summed E-state index contributed by atoms with van der Waals surface area (Å²) in [7, 11) is 0. The van der Waals surface area contributed by atoms with Crippen LogP contribution in [-0.2, 0) is 26.5 Å². The molecular weight excluding hydrogens is 837 g/mol. The maximum absolute atomic E-state index is 8.93. The van der Waals surface area contributed by atoms with Crippen molar-refractivity contribution in [2.24, 2.45) is 5.41 Å².